The van der Waals surface area contributed by atoms with Crippen molar-refractivity contribution in [1.82, 2.24) is 15.0 Å². The zero-order valence-electron chi connectivity index (χ0n) is 14.0. The zero-order chi connectivity index (χ0) is 17.2. The number of anilines is 1. The smallest absolute Gasteiger partial charge is 0.177 e. The Labute approximate surface area is 151 Å². The zero-order valence-corrected chi connectivity index (χ0v) is 14.7. The number of benzene rings is 2. The number of nitrogens with zero attached hydrogens (tertiary/aromatic N) is 4. The number of halogens is 1. The molecule has 0 bridgehead atoms. The van der Waals surface area contributed by atoms with Crippen LogP contribution in [0.25, 0.3) is 0 Å². The van der Waals surface area contributed by atoms with Crippen molar-refractivity contribution in [3.63, 3.8) is 0 Å². The number of aryl methyl sites for hydroxylation is 1. The first-order valence-corrected chi connectivity index (χ1v) is 8.66. The fourth-order valence-corrected chi connectivity index (χ4v) is 3.19. The minimum Gasteiger partial charge on any atom is -0.350 e. The minimum atomic E-state index is -0.194. The molecule has 0 radical (unpaired) electrons. The van der Waals surface area contributed by atoms with Gasteiger partial charge in [0, 0.05) is 17.3 Å². The van der Waals surface area contributed by atoms with Gasteiger partial charge < -0.3 is 9.64 Å². The molecule has 6 heteroatoms. The van der Waals surface area contributed by atoms with Gasteiger partial charge in [-0.3, -0.25) is 0 Å². The van der Waals surface area contributed by atoms with Crippen LogP contribution in [0, 0.1) is 6.92 Å². The standard InChI is InChI=1S/C19H19ClN4O/c1-14-3-2-4-17(11-14)24-9-10-25-19(24)18-13-23(22-21-18)12-15-5-7-16(20)8-6-15/h2-8,11,13,19H,9-10,12H2,1H3/t19-/m1/s1. The summed E-state index contributed by atoms with van der Waals surface area (Å²) in [4.78, 5) is 2.23. The Bertz CT molecular complexity index is 862. The van der Waals surface area contributed by atoms with Crippen LogP contribution in [0.5, 0.6) is 0 Å². The summed E-state index contributed by atoms with van der Waals surface area (Å²) >= 11 is 5.93. The monoisotopic (exact) mass is 354 g/mol. The van der Waals surface area contributed by atoms with E-state index in [9.17, 15) is 0 Å². The van der Waals surface area contributed by atoms with E-state index >= 15 is 0 Å². The molecule has 1 fully saturated rings. The van der Waals surface area contributed by atoms with Crippen LogP contribution < -0.4 is 4.90 Å². The van der Waals surface area contributed by atoms with Gasteiger partial charge in [-0.1, -0.05) is 41.1 Å². The number of hydrogen-bond acceptors (Lipinski definition) is 4. The van der Waals surface area contributed by atoms with Gasteiger partial charge in [-0.15, -0.1) is 5.10 Å². The normalized spacial score (nSPS) is 17.2. The van der Waals surface area contributed by atoms with Gasteiger partial charge in [0.25, 0.3) is 0 Å². The van der Waals surface area contributed by atoms with Crippen LogP contribution in [0.15, 0.2) is 54.7 Å². The Balaban J connectivity index is 1.53. The lowest BCUT2D eigenvalue weighted by Crippen LogP contribution is -2.23. The highest BCUT2D eigenvalue weighted by molar-refractivity contribution is 6.30. The Hall–Kier alpha value is -2.37. The fourth-order valence-electron chi connectivity index (χ4n) is 3.07. The summed E-state index contributed by atoms with van der Waals surface area (Å²) in [6.45, 7) is 4.28. The molecule has 0 N–H and O–H groups in total. The summed E-state index contributed by atoms with van der Waals surface area (Å²) in [5, 5.41) is 9.31. The van der Waals surface area contributed by atoms with Crippen LogP contribution in [0.2, 0.25) is 5.02 Å². The lowest BCUT2D eigenvalue weighted by molar-refractivity contribution is 0.110. The third kappa shape index (κ3) is 3.52. The second-order valence-electron chi connectivity index (χ2n) is 6.22. The highest BCUT2D eigenvalue weighted by atomic mass is 35.5. The van der Waals surface area contributed by atoms with Gasteiger partial charge in [-0.2, -0.15) is 0 Å². The third-order valence-corrected chi connectivity index (χ3v) is 4.54. The van der Waals surface area contributed by atoms with Crippen molar-refractivity contribution in [2.75, 3.05) is 18.1 Å². The SMILES string of the molecule is Cc1cccc(N2CCO[C@@H]2c2cn(Cc3ccc(Cl)cc3)nn2)c1. The average Bonchev–Trinajstić information content (AvgIpc) is 3.26. The van der Waals surface area contributed by atoms with Gasteiger partial charge in [0.15, 0.2) is 6.23 Å². The van der Waals surface area contributed by atoms with E-state index in [1.54, 1.807) is 0 Å². The van der Waals surface area contributed by atoms with E-state index in [-0.39, 0.29) is 6.23 Å². The summed E-state index contributed by atoms with van der Waals surface area (Å²) in [6, 6.07) is 16.2. The molecule has 1 aliphatic rings. The highest BCUT2D eigenvalue weighted by Crippen LogP contribution is 2.31. The van der Waals surface area contributed by atoms with Crippen LogP contribution in [-0.2, 0) is 11.3 Å². The molecule has 2 heterocycles. The second-order valence-corrected chi connectivity index (χ2v) is 6.66. The van der Waals surface area contributed by atoms with Gasteiger partial charge in [-0.05, 0) is 42.3 Å². The van der Waals surface area contributed by atoms with E-state index in [0.717, 1.165) is 28.5 Å². The molecule has 1 atom stereocenters. The van der Waals surface area contributed by atoms with E-state index in [1.165, 1.54) is 5.56 Å². The predicted molar refractivity (Wildman–Crippen MR) is 97.8 cm³/mol. The van der Waals surface area contributed by atoms with Gasteiger partial charge in [0.1, 0.15) is 5.69 Å². The molecule has 128 valence electrons. The van der Waals surface area contributed by atoms with Crippen LogP contribution in [0.1, 0.15) is 23.0 Å². The van der Waals surface area contributed by atoms with Gasteiger partial charge >= 0.3 is 0 Å². The summed E-state index contributed by atoms with van der Waals surface area (Å²) in [5.74, 6) is 0. The van der Waals surface area contributed by atoms with Crippen LogP contribution in [0.4, 0.5) is 5.69 Å². The lowest BCUT2D eigenvalue weighted by Gasteiger charge is -2.23. The van der Waals surface area contributed by atoms with Crippen molar-refractivity contribution in [3.05, 3.63) is 76.6 Å². The molecule has 5 nitrogen and oxygen atoms in total. The molecule has 2 aromatic carbocycles. The Morgan fingerprint density at radius 2 is 2.04 bits per heavy atom. The third-order valence-electron chi connectivity index (χ3n) is 4.29. The average molecular weight is 355 g/mol. The molecule has 4 rings (SSSR count). The Morgan fingerprint density at radius 1 is 1.20 bits per heavy atom. The number of ether oxygens (including phenoxy) is 1. The molecule has 1 aromatic heterocycles. The first kappa shape index (κ1) is 16.1. The van der Waals surface area contributed by atoms with Gasteiger partial charge in [0.2, 0.25) is 0 Å². The van der Waals surface area contributed by atoms with Crippen molar-refractivity contribution in [2.45, 2.75) is 19.7 Å². The molecule has 0 aliphatic carbocycles. The molecular weight excluding hydrogens is 336 g/mol. The Kier molecular flexibility index (Phi) is 4.42. The largest absolute Gasteiger partial charge is 0.350 e. The molecule has 3 aromatic rings. The maximum absolute atomic E-state index is 5.93. The molecule has 0 saturated carbocycles. The molecule has 0 spiro atoms. The molecule has 1 aliphatic heterocycles. The van der Waals surface area contributed by atoms with E-state index < -0.39 is 0 Å². The van der Waals surface area contributed by atoms with Crippen LogP contribution >= 0.6 is 11.6 Å². The predicted octanol–water partition coefficient (Wildman–Crippen LogP) is 3.82. The fraction of sp³-hybridized carbons (Fsp3) is 0.263. The maximum atomic E-state index is 5.93. The number of aromatic nitrogens is 3. The van der Waals surface area contributed by atoms with Gasteiger partial charge in [0.05, 0.1) is 19.3 Å². The van der Waals surface area contributed by atoms with Gasteiger partial charge in [-0.25, -0.2) is 4.68 Å². The number of hydrogen-bond donors (Lipinski definition) is 0. The molecule has 25 heavy (non-hydrogen) atoms. The first-order valence-electron chi connectivity index (χ1n) is 8.28. The molecule has 0 unspecified atom stereocenters. The van der Waals surface area contributed by atoms with E-state index in [4.69, 9.17) is 16.3 Å². The first-order chi connectivity index (χ1) is 12.2. The van der Waals surface area contributed by atoms with E-state index in [2.05, 4.69) is 46.4 Å². The maximum Gasteiger partial charge on any atom is 0.177 e. The second kappa shape index (κ2) is 6.86. The quantitative estimate of drug-likeness (QED) is 0.714. The van der Waals surface area contributed by atoms with E-state index in [0.29, 0.717) is 13.2 Å². The van der Waals surface area contributed by atoms with Crippen molar-refractivity contribution in [2.24, 2.45) is 0 Å². The van der Waals surface area contributed by atoms with Crippen LogP contribution in [0.3, 0.4) is 0 Å². The minimum absolute atomic E-state index is 0.194. The van der Waals surface area contributed by atoms with Crippen molar-refractivity contribution in [3.8, 4) is 0 Å². The van der Waals surface area contributed by atoms with Crippen molar-refractivity contribution < 1.29 is 4.74 Å². The molecular formula is C19H19ClN4O. The molecule has 0 amide bonds. The lowest BCUT2D eigenvalue weighted by atomic mass is 10.2. The van der Waals surface area contributed by atoms with Crippen LogP contribution in [-0.4, -0.2) is 28.1 Å². The van der Waals surface area contributed by atoms with Crippen molar-refractivity contribution >= 4 is 17.3 Å². The Morgan fingerprint density at radius 3 is 2.84 bits per heavy atom. The summed E-state index contributed by atoms with van der Waals surface area (Å²) in [7, 11) is 0. The number of rotatable bonds is 4. The summed E-state index contributed by atoms with van der Waals surface area (Å²) in [6.07, 6.45) is 1.76. The molecule has 1 saturated heterocycles. The summed E-state index contributed by atoms with van der Waals surface area (Å²) < 4.78 is 7.75. The van der Waals surface area contributed by atoms with E-state index in [1.807, 2.05) is 35.1 Å². The topological polar surface area (TPSA) is 43.2 Å². The summed E-state index contributed by atoms with van der Waals surface area (Å²) in [5.41, 5.74) is 4.33. The van der Waals surface area contributed by atoms with Crippen molar-refractivity contribution in [1.29, 1.82) is 0 Å². The highest BCUT2D eigenvalue weighted by Gasteiger charge is 2.29.